The van der Waals surface area contributed by atoms with Gasteiger partial charge in [0.25, 0.3) is 0 Å². The van der Waals surface area contributed by atoms with Crippen LogP contribution >= 0.6 is 11.6 Å². The second-order valence-electron chi connectivity index (χ2n) is 4.91. The molecule has 1 aromatic carbocycles. The van der Waals surface area contributed by atoms with Crippen molar-refractivity contribution in [3.8, 4) is 0 Å². The first-order chi connectivity index (χ1) is 8.65. The molecule has 2 atom stereocenters. The lowest BCUT2D eigenvalue weighted by Gasteiger charge is -2.15. The number of hydrogen-bond acceptors (Lipinski definition) is 2. The Balaban J connectivity index is 1.80. The van der Waals surface area contributed by atoms with Gasteiger partial charge in [-0.15, -0.1) is 0 Å². The molecule has 0 aliphatic carbocycles. The summed E-state index contributed by atoms with van der Waals surface area (Å²) in [6.45, 7) is 0.867. The van der Waals surface area contributed by atoms with Gasteiger partial charge in [0.05, 0.1) is 6.10 Å². The van der Waals surface area contributed by atoms with E-state index in [1.807, 2.05) is 0 Å². The molecule has 4 heteroatoms. The van der Waals surface area contributed by atoms with Crippen molar-refractivity contribution in [3.05, 3.63) is 34.6 Å². The van der Waals surface area contributed by atoms with Gasteiger partial charge in [-0.2, -0.15) is 0 Å². The third kappa shape index (κ3) is 3.94. The van der Waals surface area contributed by atoms with E-state index in [2.05, 4.69) is 0 Å². The first-order valence-electron chi connectivity index (χ1n) is 6.46. The predicted octanol–water partition coefficient (Wildman–Crippen LogP) is 3.31. The van der Waals surface area contributed by atoms with E-state index >= 15 is 0 Å². The highest BCUT2D eigenvalue weighted by Crippen LogP contribution is 2.20. The number of benzene rings is 1. The zero-order valence-corrected chi connectivity index (χ0v) is 11.1. The molecule has 100 valence electrons. The highest BCUT2D eigenvalue weighted by atomic mass is 35.5. The van der Waals surface area contributed by atoms with E-state index in [-0.39, 0.29) is 11.9 Å². The number of hydrogen-bond donors (Lipinski definition) is 1. The summed E-state index contributed by atoms with van der Waals surface area (Å²) < 4.78 is 19.1. The summed E-state index contributed by atoms with van der Waals surface area (Å²) in [5.41, 5.74) is 6.67. The summed E-state index contributed by atoms with van der Waals surface area (Å²) in [7, 11) is 0. The molecule has 0 saturated carbocycles. The van der Waals surface area contributed by atoms with Crippen molar-refractivity contribution < 1.29 is 9.13 Å². The Hall–Kier alpha value is -0.640. The quantitative estimate of drug-likeness (QED) is 0.892. The van der Waals surface area contributed by atoms with Crippen molar-refractivity contribution in [1.29, 1.82) is 0 Å². The fourth-order valence-corrected chi connectivity index (χ4v) is 2.50. The largest absolute Gasteiger partial charge is 0.378 e. The molecule has 0 spiro atoms. The molecule has 1 heterocycles. The van der Waals surface area contributed by atoms with Gasteiger partial charge in [0.1, 0.15) is 5.82 Å². The van der Waals surface area contributed by atoms with Crippen molar-refractivity contribution in [2.45, 2.75) is 44.2 Å². The Morgan fingerprint density at radius 2 is 2.33 bits per heavy atom. The molecular weight excluding hydrogens is 253 g/mol. The van der Waals surface area contributed by atoms with E-state index in [1.54, 1.807) is 12.1 Å². The Kier molecular flexibility index (Phi) is 4.98. The normalized spacial score (nSPS) is 21.2. The summed E-state index contributed by atoms with van der Waals surface area (Å²) in [4.78, 5) is 0. The molecule has 1 aliphatic heterocycles. The van der Waals surface area contributed by atoms with E-state index < -0.39 is 0 Å². The molecule has 0 aromatic heterocycles. The maximum Gasteiger partial charge on any atom is 0.127 e. The number of rotatable bonds is 5. The molecule has 2 unspecified atom stereocenters. The van der Waals surface area contributed by atoms with Crippen LogP contribution in [-0.4, -0.2) is 18.8 Å². The molecule has 1 aromatic rings. The second-order valence-corrected chi connectivity index (χ2v) is 5.35. The van der Waals surface area contributed by atoms with Crippen LogP contribution in [0.15, 0.2) is 18.2 Å². The van der Waals surface area contributed by atoms with Gasteiger partial charge in [-0.1, -0.05) is 17.7 Å². The minimum Gasteiger partial charge on any atom is -0.378 e. The van der Waals surface area contributed by atoms with Gasteiger partial charge in [-0.05, 0) is 49.8 Å². The van der Waals surface area contributed by atoms with Gasteiger partial charge in [-0.3, -0.25) is 0 Å². The van der Waals surface area contributed by atoms with Crippen LogP contribution in [0.3, 0.4) is 0 Å². The molecule has 1 aliphatic rings. The van der Waals surface area contributed by atoms with Crippen molar-refractivity contribution in [1.82, 2.24) is 0 Å². The molecule has 1 fully saturated rings. The average molecular weight is 272 g/mol. The Morgan fingerprint density at radius 3 is 3.00 bits per heavy atom. The predicted molar refractivity (Wildman–Crippen MR) is 71.3 cm³/mol. The molecule has 2 N–H and O–H groups in total. The van der Waals surface area contributed by atoms with E-state index in [4.69, 9.17) is 22.1 Å². The van der Waals surface area contributed by atoms with Gasteiger partial charge in [0.15, 0.2) is 0 Å². The number of halogens is 2. The molecule has 0 bridgehead atoms. The van der Waals surface area contributed by atoms with Crippen molar-refractivity contribution in [2.75, 3.05) is 6.61 Å². The third-order valence-electron chi connectivity index (χ3n) is 3.38. The van der Waals surface area contributed by atoms with Crippen molar-refractivity contribution in [3.63, 3.8) is 0 Å². The van der Waals surface area contributed by atoms with Crippen LogP contribution in [-0.2, 0) is 11.2 Å². The second kappa shape index (κ2) is 6.50. The monoisotopic (exact) mass is 271 g/mol. The highest BCUT2D eigenvalue weighted by Gasteiger charge is 2.17. The van der Waals surface area contributed by atoms with Crippen LogP contribution in [0.5, 0.6) is 0 Å². The van der Waals surface area contributed by atoms with Crippen LogP contribution in [0.4, 0.5) is 4.39 Å². The van der Waals surface area contributed by atoms with Crippen molar-refractivity contribution in [2.24, 2.45) is 5.73 Å². The minimum atomic E-state index is -0.268. The Morgan fingerprint density at radius 1 is 1.50 bits per heavy atom. The van der Waals surface area contributed by atoms with Gasteiger partial charge >= 0.3 is 0 Å². The van der Waals surface area contributed by atoms with Crippen LogP contribution in [0.2, 0.25) is 5.02 Å². The van der Waals surface area contributed by atoms with E-state index in [0.29, 0.717) is 23.1 Å². The molecule has 2 nitrogen and oxygen atoms in total. The smallest absolute Gasteiger partial charge is 0.127 e. The highest BCUT2D eigenvalue weighted by molar-refractivity contribution is 6.30. The van der Waals surface area contributed by atoms with E-state index in [0.717, 1.165) is 32.3 Å². The summed E-state index contributed by atoms with van der Waals surface area (Å²) in [5, 5.41) is 0.421. The zero-order valence-electron chi connectivity index (χ0n) is 10.4. The topological polar surface area (TPSA) is 35.2 Å². The maximum absolute atomic E-state index is 13.6. The van der Waals surface area contributed by atoms with Crippen LogP contribution < -0.4 is 5.73 Å². The summed E-state index contributed by atoms with van der Waals surface area (Å²) in [6, 6.07) is 4.73. The standard InChI is InChI=1S/C14H19ClFNO/c15-11-4-3-10(14(16)9-11)8-12(17)5-6-13-2-1-7-18-13/h3-4,9,12-13H,1-2,5-8,17H2. The molecule has 0 radical (unpaired) electrons. The Labute approximate surface area is 112 Å². The summed E-state index contributed by atoms with van der Waals surface area (Å²) >= 11 is 5.71. The SMILES string of the molecule is NC(CCC1CCCO1)Cc1ccc(Cl)cc1F. The molecule has 0 amide bonds. The van der Waals surface area contributed by atoms with Gasteiger partial charge in [0.2, 0.25) is 0 Å². The molecule has 2 rings (SSSR count). The molecule has 1 saturated heterocycles. The number of ether oxygens (including phenoxy) is 1. The lowest BCUT2D eigenvalue weighted by atomic mass is 10.00. The maximum atomic E-state index is 13.6. The summed E-state index contributed by atoms with van der Waals surface area (Å²) in [5.74, 6) is -0.268. The zero-order chi connectivity index (χ0) is 13.0. The minimum absolute atomic E-state index is 0.0233. The number of nitrogens with two attached hydrogens (primary N) is 1. The van der Waals surface area contributed by atoms with Crippen LogP contribution in [0, 0.1) is 5.82 Å². The van der Waals surface area contributed by atoms with Crippen LogP contribution in [0.1, 0.15) is 31.2 Å². The fourth-order valence-electron chi connectivity index (χ4n) is 2.34. The van der Waals surface area contributed by atoms with Gasteiger partial charge in [-0.25, -0.2) is 4.39 Å². The summed E-state index contributed by atoms with van der Waals surface area (Å²) in [6.07, 6.45) is 5.01. The first-order valence-corrected chi connectivity index (χ1v) is 6.84. The van der Waals surface area contributed by atoms with Crippen LogP contribution in [0.25, 0.3) is 0 Å². The fraction of sp³-hybridized carbons (Fsp3) is 0.571. The van der Waals surface area contributed by atoms with Gasteiger partial charge in [0, 0.05) is 17.7 Å². The van der Waals surface area contributed by atoms with Crippen molar-refractivity contribution >= 4 is 11.6 Å². The molecular formula is C14H19ClFNO. The lowest BCUT2D eigenvalue weighted by molar-refractivity contribution is 0.101. The van der Waals surface area contributed by atoms with E-state index in [9.17, 15) is 4.39 Å². The van der Waals surface area contributed by atoms with E-state index in [1.165, 1.54) is 6.07 Å². The first kappa shape index (κ1) is 13.8. The molecule has 18 heavy (non-hydrogen) atoms. The average Bonchev–Trinajstić information content (AvgIpc) is 2.83. The Bertz CT molecular complexity index is 393. The lowest BCUT2D eigenvalue weighted by Crippen LogP contribution is -2.25. The van der Waals surface area contributed by atoms with Gasteiger partial charge < -0.3 is 10.5 Å². The third-order valence-corrected chi connectivity index (χ3v) is 3.62.